The molecule has 2 amide bonds. The van der Waals surface area contributed by atoms with Gasteiger partial charge in [-0.05, 0) is 23.6 Å². The van der Waals surface area contributed by atoms with Crippen molar-refractivity contribution in [1.29, 1.82) is 0 Å². The number of aromatic nitrogens is 4. The van der Waals surface area contributed by atoms with Crippen LogP contribution >= 0.6 is 34.4 Å². The summed E-state index contributed by atoms with van der Waals surface area (Å²) in [5.41, 5.74) is 0.870. The van der Waals surface area contributed by atoms with Crippen LogP contribution in [0.5, 0.6) is 0 Å². The zero-order chi connectivity index (χ0) is 20.9. The Morgan fingerprint density at radius 3 is 2.83 bits per heavy atom. The van der Waals surface area contributed by atoms with E-state index in [0.717, 1.165) is 16.0 Å². The Hall–Kier alpha value is -2.76. The molecule has 0 unspecified atom stereocenters. The van der Waals surface area contributed by atoms with Gasteiger partial charge < -0.3 is 15.2 Å². The molecule has 0 atom stereocenters. The van der Waals surface area contributed by atoms with Crippen molar-refractivity contribution in [3.8, 4) is 0 Å². The van der Waals surface area contributed by atoms with Crippen LogP contribution in [0.2, 0.25) is 0 Å². The lowest BCUT2D eigenvalue weighted by molar-refractivity contribution is -0.113. The van der Waals surface area contributed by atoms with Gasteiger partial charge in [-0.3, -0.25) is 9.59 Å². The largest absolute Gasteiger partial charge is 0.351 e. The van der Waals surface area contributed by atoms with Crippen molar-refractivity contribution in [3.63, 3.8) is 0 Å². The maximum Gasteiger partial charge on any atom is 0.261 e. The van der Waals surface area contributed by atoms with Crippen LogP contribution in [0.1, 0.15) is 15.5 Å². The summed E-state index contributed by atoms with van der Waals surface area (Å²) in [6.45, 7) is 0.464. The van der Waals surface area contributed by atoms with Crippen LogP contribution in [0.25, 0.3) is 10.2 Å². The number of fused-ring (bicyclic) bond motifs is 1. The quantitative estimate of drug-likeness (QED) is 0.393. The van der Waals surface area contributed by atoms with Crippen molar-refractivity contribution < 1.29 is 9.59 Å². The summed E-state index contributed by atoms with van der Waals surface area (Å²) in [6, 6.07) is 11.4. The number of para-hydroxylation sites is 1. The number of thioether (sulfide) groups is 1. The van der Waals surface area contributed by atoms with Gasteiger partial charge in [0.15, 0.2) is 10.3 Å². The smallest absolute Gasteiger partial charge is 0.261 e. The zero-order valence-corrected chi connectivity index (χ0v) is 18.4. The maximum absolute atomic E-state index is 12.3. The number of rotatable bonds is 8. The van der Waals surface area contributed by atoms with Crippen LogP contribution in [-0.2, 0) is 18.3 Å². The van der Waals surface area contributed by atoms with E-state index in [2.05, 4.69) is 25.8 Å². The van der Waals surface area contributed by atoms with Crippen LogP contribution in [0, 0.1) is 0 Å². The fourth-order valence-corrected chi connectivity index (χ4v) is 4.93. The summed E-state index contributed by atoms with van der Waals surface area (Å²) in [7, 11) is 1.85. The van der Waals surface area contributed by atoms with Gasteiger partial charge in [-0.2, -0.15) is 0 Å². The Kier molecular flexibility index (Phi) is 6.41. The summed E-state index contributed by atoms with van der Waals surface area (Å²) in [5.74, 6) is 0.715. The molecule has 0 fully saturated rings. The van der Waals surface area contributed by atoms with E-state index in [9.17, 15) is 9.59 Å². The van der Waals surface area contributed by atoms with Crippen molar-refractivity contribution in [2.45, 2.75) is 11.6 Å². The lowest BCUT2D eigenvalue weighted by Gasteiger charge is -2.05. The molecule has 1 aromatic carbocycles. The molecule has 3 heterocycles. The highest BCUT2D eigenvalue weighted by molar-refractivity contribution is 7.99. The summed E-state index contributed by atoms with van der Waals surface area (Å²) >= 11 is 4.16. The third-order valence-electron chi connectivity index (χ3n) is 4.18. The standard InChI is InChI=1S/C19H18N6O2S3/c1-25-15(8-9-20-17(27)14-7-4-10-28-14)23-24-19(25)29-11-16(26)22-18-21-12-5-2-3-6-13(12)30-18/h2-7,10H,8-9,11H2,1H3,(H,20,27)(H,21,22,26). The molecular weight excluding hydrogens is 440 g/mol. The van der Waals surface area contributed by atoms with Gasteiger partial charge >= 0.3 is 0 Å². The molecule has 0 aliphatic rings. The molecule has 154 valence electrons. The topological polar surface area (TPSA) is 102 Å². The van der Waals surface area contributed by atoms with Gasteiger partial charge in [0, 0.05) is 20.0 Å². The fraction of sp³-hybridized carbons (Fsp3) is 0.211. The number of amides is 2. The summed E-state index contributed by atoms with van der Waals surface area (Å²) in [6.07, 6.45) is 0.555. The average Bonchev–Trinajstić information content (AvgIpc) is 3.47. The van der Waals surface area contributed by atoms with Crippen LogP contribution in [0.3, 0.4) is 0 Å². The second kappa shape index (κ2) is 9.37. The number of nitrogens with one attached hydrogen (secondary N) is 2. The van der Waals surface area contributed by atoms with Gasteiger partial charge in [0.2, 0.25) is 5.91 Å². The number of thiazole rings is 1. The van der Waals surface area contributed by atoms with E-state index in [1.807, 2.05) is 47.3 Å². The van der Waals surface area contributed by atoms with E-state index in [-0.39, 0.29) is 17.6 Å². The molecule has 3 aromatic heterocycles. The first-order valence-electron chi connectivity index (χ1n) is 9.08. The molecule has 0 aliphatic heterocycles. The van der Waals surface area contributed by atoms with Gasteiger partial charge in [0.25, 0.3) is 5.91 Å². The minimum absolute atomic E-state index is 0.0896. The zero-order valence-electron chi connectivity index (χ0n) is 16.0. The van der Waals surface area contributed by atoms with Gasteiger partial charge in [-0.1, -0.05) is 41.3 Å². The Morgan fingerprint density at radius 1 is 1.17 bits per heavy atom. The van der Waals surface area contributed by atoms with E-state index in [4.69, 9.17) is 0 Å². The Labute approximate surface area is 184 Å². The monoisotopic (exact) mass is 458 g/mol. The third kappa shape index (κ3) is 4.86. The Balaban J connectivity index is 1.26. The molecule has 2 N–H and O–H groups in total. The first-order chi connectivity index (χ1) is 14.6. The van der Waals surface area contributed by atoms with Gasteiger partial charge in [-0.15, -0.1) is 21.5 Å². The lowest BCUT2D eigenvalue weighted by atomic mass is 10.3. The molecule has 4 aromatic rings. The van der Waals surface area contributed by atoms with Crippen LogP contribution < -0.4 is 10.6 Å². The number of carbonyl (C=O) groups excluding carboxylic acids is 2. The normalized spacial score (nSPS) is 11.0. The SMILES string of the molecule is Cn1c(CCNC(=O)c2cccs2)nnc1SCC(=O)Nc1nc2ccccc2s1. The number of benzene rings is 1. The second-order valence-corrected chi connectivity index (χ2v) is 9.19. The minimum Gasteiger partial charge on any atom is -0.351 e. The first kappa shape index (κ1) is 20.5. The minimum atomic E-state index is -0.146. The van der Waals surface area contributed by atoms with Crippen LogP contribution in [0.4, 0.5) is 5.13 Å². The molecule has 8 nitrogen and oxygen atoms in total. The number of hydrogen-bond donors (Lipinski definition) is 2. The van der Waals surface area contributed by atoms with Crippen molar-refractivity contribution >= 4 is 61.6 Å². The Bertz CT molecular complexity index is 1140. The van der Waals surface area contributed by atoms with E-state index in [1.165, 1.54) is 34.4 Å². The summed E-state index contributed by atoms with van der Waals surface area (Å²) < 4.78 is 2.87. The average molecular weight is 459 g/mol. The third-order valence-corrected chi connectivity index (χ3v) is 7.02. The lowest BCUT2D eigenvalue weighted by Crippen LogP contribution is -2.25. The predicted molar refractivity (Wildman–Crippen MR) is 120 cm³/mol. The number of nitrogens with zero attached hydrogens (tertiary/aromatic N) is 4. The van der Waals surface area contributed by atoms with Crippen LogP contribution in [-0.4, -0.2) is 43.9 Å². The summed E-state index contributed by atoms with van der Waals surface area (Å²) in [5, 5.41) is 17.1. The maximum atomic E-state index is 12.3. The number of thiophene rings is 1. The number of anilines is 1. The van der Waals surface area contributed by atoms with Crippen molar-refractivity contribution in [3.05, 3.63) is 52.5 Å². The number of hydrogen-bond acceptors (Lipinski definition) is 8. The molecule has 0 radical (unpaired) electrons. The van der Waals surface area contributed by atoms with Gasteiger partial charge in [-0.25, -0.2) is 4.98 Å². The molecule has 0 saturated carbocycles. The number of carbonyl (C=O) groups is 2. The highest BCUT2D eigenvalue weighted by Crippen LogP contribution is 2.25. The predicted octanol–water partition coefficient (Wildman–Crippen LogP) is 3.19. The van der Waals surface area contributed by atoms with Crippen molar-refractivity contribution in [2.75, 3.05) is 17.6 Å². The van der Waals surface area contributed by atoms with E-state index >= 15 is 0 Å². The molecule has 0 aliphatic carbocycles. The van der Waals surface area contributed by atoms with Crippen molar-refractivity contribution in [2.24, 2.45) is 7.05 Å². The van der Waals surface area contributed by atoms with Gasteiger partial charge in [0.05, 0.1) is 20.8 Å². The highest BCUT2D eigenvalue weighted by Gasteiger charge is 2.13. The Morgan fingerprint density at radius 2 is 2.03 bits per heavy atom. The van der Waals surface area contributed by atoms with Crippen LogP contribution in [0.15, 0.2) is 46.9 Å². The van der Waals surface area contributed by atoms with E-state index < -0.39 is 0 Å². The summed E-state index contributed by atoms with van der Waals surface area (Å²) in [4.78, 5) is 29.3. The fourth-order valence-electron chi connectivity index (χ4n) is 2.68. The first-order valence-corrected chi connectivity index (χ1v) is 11.8. The van der Waals surface area contributed by atoms with E-state index in [1.54, 1.807) is 6.07 Å². The molecule has 4 rings (SSSR count). The molecule has 11 heteroatoms. The second-order valence-electron chi connectivity index (χ2n) is 6.26. The molecular formula is C19H18N6O2S3. The van der Waals surface area contributed by atoms with E-state index in [0.29, 0.717) is 28.1 Å². The molecule has 30 heavy (non-hydrogen) atoms. The van der Waals surface area contributed by atoms with Crippen molar-refractivity contribution in [1.82, 2.24) is 25.1 Å². The molecule has 0 spiro atoms. The highest BCUT2D eigenvalue weighted by atomic mass is 32.2. The molecule has 0 bridgehead atoms. The molecule has 0 saturated heterocycles. The van der Waals surface area contributed by atoms with Gasteiger partial charge in [0.1, 0.15) is 5.82 Å².